The number of fused-ring (bicyclic) bond motifs is 5. The zero-order valence-corrected chi connectivity index (χ0v) is 39.7. The Morgan fingerprint density at radius 2 is 0.982 bits per heavy atom. The van der Waals surface area contributed by atoms with E-state index in [-0.39, 0.29) is 0 Å². The summed E-state index contributed by atoms with van der Waals surface area (Å²) < 4.78 is 2.83. The zero-order valence-electron chi connectivity index (χ0n) is 34.7. The van der Waals surface area contributed by atoms with Gasteiger partial charge >= 0.3 is 349 Å². The fraction of sp³-hybridized carbons (Fsp3) is 0.259. The van der Waals surface area contributed by atoms with Crippen LogP contribution in [0, 0.1) is 41.5 Å². The van der Waals surface area contributed by atoms with Crippen LogP contribution in [0.1, 0.15) is 103 Å². The van der Waals surface area contributed by atoms with Gasteiger partial charge in [-0.25, -0.2) is 0 Å². The fourth-order valence-corrected chi connectivity index (χ4v) is 30.2. The van der Waals surface area contributed by atoms with Gasteiger partial charge in [-0.05, 0) is 0 Å². The van der Waals surface area contributed by atoms with Crippen molar-refractivity contribution in [3.05, 3.63) is 170 Å². The quantitative estimate of drug-likeness (QED) is 0.127. The summed E-state index contributed by atoms with van der Waals surface area (Å²) in [4.78, 5) is 0. The van der Waals surface area contributed by atoms with Crippen molar-refractivity contribution in [2.24, 2.45) is 0 Å². The average molecular weight is 911 g/mol. The van der Waals surface area contributed by atoms with Gasteiger partial charge in [-0.15, -0.1) is 0 Å². The van der Waals surface area contributed by atoms with Gasteiger partial charge < -0.3 is 0 Å². The van der Waals surface area contributed by atoms with Crippen molar-refractivity contribution in [1.29, 1.82) is 0 Å². The van der Waals surface area contributed by atoms with Crippen molar-refractivity contribution in [2.75, 3.05) is 0 Å². The van der Waals surface area contributed by atoms with Gasteiger partial charge in [0, 0.05) is 0 Å². The number of hydrogen-bond donors (Lipinski definition) is 0. The Kier molecular flexibility index (Phi) is 10.0. The van der Waals surface area contributed by atoms with Crippen molar-refractivity contribution in [3.8, 4) is 33.4 Å². The third-order valence-electron chi connectivity index (χ3n) is 13.4. The Balaban J connectivity index is 1.32. The molecule has 0 saturated carbocycles. The topological polar surface area (TPSA) is 0 Å². The van der Waals surface area contributed by atoms with Gasteiger partial charge in [0.2, 0.25) is 0 Å². The maximum absolute atomic E-state index is 3.10. The van der Waals surface area contributed by atoms with E-state index >= 15 is 0 Å². The summed E-state index contributed by atoms with van der Waals surface area (Å²) in [5, 5.41) is 3.40. The van der Waals surface area contributed by atoms with Crippen LogP contribution in [0.3, 0.4) is 0 Å². The molecule has 1 heterocycles. The summed E-state index contributed by atoms with van der Waals surface area (Å²) in [5.74, 6) is 0. The summed E-state index contributed by atoms with van der Waals surface area (Å²) in [6.07, 6.45) is 10.1. The number of rotatable bonds is 9. The normalized spacial score (nSPS) is 16.7. The third-order valence-corrected chi connectivity index (χ3v) is 30.0. The Morgan fingerprint density at radius 1 is 0.500 bits per heavy atom. The van der Waals surface area contributed by atoms with Gasteiger partial charge in [0.1, 0.15) is 0 Å². The molecule has 0 fully saturated rings. The first kappa shape index (κ1) is 37.5. The van der Waals surface area contributed by atoms with Gasteiger partial charge in [-0.2, -0.15) is 0 Å². The predicted molar refractivity (Wildman–Crippen MR) is 243 cm³/mol. The molecule has 2 unspecified atom stereocenters. The summed E-state index contributed by atoms with van der Waals surface area (Å²) in [7, 11) is -0.608. The summed E-state index contributed by atoms with van der Waals surface area (Å²) in [6.45, 7) is 18.6. The Labute approximate surface area is 346 Å². The van der Waals surface area contributed by atoms with Crippen LogP contribution in [0.15, 0.2) is 114 Å². The van der Waals surface area contributed by atoms with Crippen molar-refractivity contribution in [3.63, 3.8) is 0 Å². The maximum atomic E-state index is 2.70. The second-order valence-corrected chi connectivity index (χ2v) is 28.2. The second kappa shape index (κ2) is 15.0. The first-order valence-electron chi connectivity index (χ1n) is 21.1. The fourth-order valence-electron chi connectivity index (χ4n) is 10.7. The van der Waals surface area contributed by atoms with E-state index in [0.717, 1.165) is 0 Å². The molecule has 0 N–H and O–H groups in total. The molecular formula is C54H55HfSi. The molecule has 0 spiro atoms. The molecule has 0 nitrogen and oxygen atoms in total. The van der Waals surface area contributed by atoms with E-state index in [1.165, 1.54) is 98.0 Å². The van der Waals surface area contributed by atoms with Crippen LogP contribution in [0.5, 0.6) is 0 Å². The van der Waals surface area contributed by atoms with Crippen LogP contribution in [0.25, 0.3) is 45.5 Å². The van der Waals surface area contributed by atoms with Gasteiger partial charge in [-0.3, -0.25) is 0 Å². The van der Waals surface area contributed by atoms with E-state index in [1.54, 1.807) is 38.2 Å². The van der Waals surface area contributed by atoms with Gasteiger partial charge in [-0.1, -0.05) is 0 Å². The van der Waals surface area contributed by atoms with Crippen molar-refractivity contribution in [2.45, 2.75) is 88.4 Å². The molecule has 6 aromatic rings. The van der Waals surface area contributed by atoms with E-state index in [2.05, 4.69) is 171 Å². The van der Waals surface area contributed by atoms with Crippen LogP contribution in [0.4, 0.5) is 0 Å². The van der Waals surface area contributed by atoms with Crippen LogP contribution < -0.4 is 13.7 Å². The average Bonchev–Trinajstić information content (AvgIpc) is 3.87. The molecule has 0 amide bonds. The van der Waals surface area contributed by atoms with Gasteiger partial charge in [0.15, 0.2) is 0 Å². The molecule has 0 bridgehead atoms. The van der Waals surface area contributed by atoms with E-state index < -0.39 is 31.0 Å². The van der Waals surface area contributed by atoms with E-state index in [0.29, 0.717) is 7.35 Å². The van der Waals surface area contributed by atoms with Crippen molar-refractivity contribution >= 4 is 35.4 Å². The molecule has 279 valence electrons. The molecule has 2 heteroatoms. The van der Waals surface area contributed by atoms with Crippen LogP contribution >= 0.6 is 0 Å². The number of aryl methyl sites for hydroxylation is 4. The Hall–Kier alpha value is -4.11. The zero-order chi connectivity index (χ0) is 38.8. The summed E-state index contributed by atoms with van der Waals surface area (Å²) in [6, 6.07) is 41.2. The Morgan fingerprint density at radius 3 is 1.52 bits per heavy atom. The first-order valence-corrected chi connectivity index (χ1v) is 28.4. The van der Waals surface area contributed by atoms with Gasteiger partial charge in [0.05, 0.1) is 0 Å². The number of hydrogen-bond acceptors (Lipinski definition) is 0. The molecule has 6 aromatic carbocycles. The van der Waals surface area contributed by atoms with E-state index in [1.807, 2.05) is 3.32 Å². The summed E-state index contributed by atoms with van der Waals surface area (Å²) >= 11 is -3.10. The van der Waals surface area contributed by atoms with Crippen LogP contribution in [0.2, 0.25) is 0 Å². The van der Waals surface area contributed by atoms with Gasteiger partial charge in [0.25, 0.3) is 0 Å². The standard InChI is InChI=1S/2C21H23.C12H9Si.Hf/c2*1-5-7-17-12-18-8-6-9-19(21(18)13-17)20-11-14(2)10-15(3)16(20)4;1-3-7-11-9(5-1)10-6-2-4-8-12(10)13-11;/h2*6,8-13H,5,7H2,1-4H3;1-7H,13H2;. The molecular weight excluding hydrogens is 855 g/mol. The van der Waals surface area contributed by atoms with Crippen molar-refractivity contribution in [1.82, 2.24) is 0 Å². The molecule has 1 aliphatic heterocycles. The molecule has 2 atom stereocenters. The minimum atomic E-state index is -3.10. The molecule has 9 rings (SSSR count). The number of allylic oxidation sites excluding steroid dienone is 2. The predicted octanol–water partition coefficient (Wildman–Crippen LogP) is 12.1. The molecule has 0 radical (unpaired) electrons. The molecule has 3 aliphatic rings. The molecule has 2 aliphatic carbocycles. The van der Waals surface area contributed by atoms with E-state index in [9.17, 15) is 0 Å². The second-order valence-electron chi connectivity index (χ2n) is 17.1. The Bertz CT molecular complexity index is 2480. The van der Waals surface area contributed by atoms with E-state index in [4.69, 9.17) is 0 Å². The minimum absolute atomic E-state index is 0.508. The summed E-state index contributed by atoms with van der Waals surface area (Å²) in [5.41, 5.74) is 26.7. The van der Waals surface area contributed by atoms with Crippen molar-refractivity contribution < 1.29 is 21.4 Å². The monoisotopic (exact) mass is 911 g/mol. The molecule has 0 aromatic heterocycles. The van der Waals surface area contributed by atoms with Crippen LogP contribution in [-0.2, 0) is 21.4 Å². The third kappa shape index (κ3) is 6.18. The SMILES string of the molecule is CCCC1=Cc2c(-c3cc(C)cc(C)c3C)cccc2[CH]1[Hf]([c]1cccc2c1[SiH2]c1ccccc1-2)[CH]1C(CCC)=Cc2c(-c3cc(C)cc(C)c3C)cccc21. The first-order chi connectivity index (χ1) is 27.2. The number of benzene rings is 6. The molecule has 0 saturated heterocycles. The van der Waals surface area contributed by atoms with Crippen LogP contribution in [-0.4, -0.2) is 9.52 Å². The molecule has 56 heavy (non-hydrogen) atoms.